The van der Waals surface area contributed by atoms with Crippen LogP contribution in [0.25, 0.3) is 0 Å². The molecule has 6 heteroatoms. The number of aryl methyl sites for hydroxylation is 2. The van der Waals surface area contributed by atoms with E-state index in [4.69, 9.17) is 4.74 Å². The zero-order valence-electron chi connectivity index (χ0n) is 15.4. The molecule has 0 aliphatic heterocycles. The Morgan fingerprint density at radius 3 is 2.78 bits per heavy atom. The molecule has 0 bridgehead atoms. The van der Waals surface area contributed by atoms with Crippen molar-refractivity contribution in [3.05, 3.63) is 71.0 Å². The monoisotopic (exact) mass is 379 g/mol. The largest absolute Gasteiger partial charge is 0.485 e. The molecule has 0 saturated heterocycles. The van der Waals surface area contributed by atoms with Gasteiger partial charge >= 0.3 is 0 Å². The van der Waals surface area contributed by atoms with Crippen LogP contribution in [0.3, 0.4) is 0 Å². The van der Waals surface area contributed by atoms with E-state index in [1.807, 2.05) is 67.1 Å². The smallest absolute Gasteiger partial charge is 0.191 e. The van der Waals surface area contributed by atoms with Crippen molar-refractivity contribution < 1.29 is 9.53 Å². The van der Waals surface area contributed by atoms with Gasteiger partial charge in [-0.3, -0.25) is 4.79 Å². The molecule has 1 atom stereocenters. The number of fused-ring (bicyclic) bond motifs is 1. The third-order valence-electron chi connectivity index (χ3n) is 4.87. The summed E-state index contributed by atoms with van der Waals surface area (Å²) in [5.41, 5.74) is 3.07. The van der Waals surface area contributed by atoms with Crippen molar-refractivity contribution in [1.29, 1.82) is 0 Å². The lowest BCUT2D eigenvalue weighted by Gasteiger charge is -2.22. The maximum absolute atomic E-state index is 12.8. The highest BCUT2D eigenvalue weighted by Gasteiger charge is 2.29. The molecule has 1 aromatic heterocycles. The van der Waals surface area contributed by atoms with Crippen LogP contribution < -0.4 is 4.74 Å². The van der Waals surface area contributed by atoms with E-state index in [1.54, 1.807) is 0 Å². The average molecular weight is 379 g/mol. The van der Waals surface area contributed by atoms with E-state index in [9.17, 15) is 4.79 Å². The molecule has 4 rings (SSSR count). The van der Waals surface area contributed by atoms with Crippen molar-refractivity contribution in [2.75, 3.05) is 0 Å². The number of para-hydroxylation sites is 1. The molecule has 2 aromatic carbocycles. The topological polar surface area (TPSA) is 57.0 Å². The fourth-order valence-corrected chi connectivity index (χ4v) is 4.32. The molecule has 1 aliphatic carbocycles. The van der Waals surface area contributed by atoms with Crippen molar-refractivity contribution in [2.45, 2.75) is 36.8 Å². The molecule has 0 spiro atoms. The second kappa shape index (κ2) is 7.56. The number of ether oxygens (including phenoxy) is 1. The lowest BCUT2D eigenvalue weighted by atomic mass is 9.90. The minimum Gasteiger partial charge on any atom is -0.485 e. The van der Waals surface area contributed by atoms with Gasteiger partial charge in [0.25, 0.3) is 0 Å². The Morgan fingerprint density at radius 1 is 1.15 bits per heavy atom. The Kier molecular flexibility index (Phi) is 4.99. The third-order valence-corrected chi connectivity index (χ3v) is 6.17. The van der Waals surface area contributed by atoms with Crippen LogP contribution in [0.1, 0.15) is 33.7 Å². The van der Waals surface area contributed by atoms with Gasteiger partial charge in [-0.05, 0) is 37.0 Å². The van der Waals surface area contributed by atoms with Crippen molar-refractivity contribution >= 4 is 17.5 Å². The number of Topliss-reactive ketones (excluding diaryl/α,β-unsaturated/α-hetero) is 1. The first-order valence-electron chi connectivity index (χ1n) is 8.99. The molecular weight excluding hydrogens is 358 g/mol. The van der Waals surface area contributed by atoms with Crippen molar-refractivity contribution in [2.24, 2.45) is 7.05 Å². The van der Waals surface area contributed by atoms with E-state index in [0.717, 1.165) is 46.3 Å². The minimum atomic E-state index is -0.118. The van der Waals surface area contributed by atoms with Gasteiger partial charge in [0, 0.05) is 12.6 Å². The summed E-state index contributed by atoms with van der Waals surface area (Å²) in [7, 11) is 1.92. The number of rotatable bonds is 5. The Bertz CT molecular complexity index is 983. The third kappa shape index (κ3) is 3.62. The number of hydrogen-bond acceptors (Lipinski definition) is 5. The van der Waals surface area contributed by atoms with Crippen LogP contribution in [0.15, 0.2) is 53.7 Å². The highest BCUT2D eigenvalue weighted by molar-refractivity contribution is 8.00. The first kappa shape index (κ1) is 17.8. The molecule has 0 radical (unpaired) electrons. The molecule has 3 aromatic rings. The number of hydrogen-bond donors (Lipinski definition) is 0. The standard InChI is InChI=1S/C21H21N3O2S/c1-14-7-3-6-10-17(14)26-13-19-22-23-21(24(19)2)27-18-12-11-15-8-4-5-9-16(15)20(18)25/h3-10,18H,11-13H2,1-2H3. The molecule has 1 aliphatic rings. The summed E-state index contributed by atoms with van der Waals surface area (Å²) >= 11 is 1.49. The first-order chi connectivity index (χ1) is 13.1. The van der Waals surface area contributed by atoms with Crippen LogP contribution in [-0.2, 0) is 20.1 Å². The second-order valence-corrected chi connectivity index (χ2v) is 7.85. The number of ketones is 1. The van der Waals surface area contributed by atoms with E-state index >= 15 is 0 Å². The Hall–Kier alpha value is -2.60. The summed E-state index contributed by atoms with van der Waals surface area (Å²) in [5.74, 6) is 1.76. The van der Waals surface area contributed by atoms with Crippen molar-refractivity contribution in [3.8, 4) is 5.75 Å². The van der Waals surface area contributed by atoms with Crippen LogP contribution in [0.5, 0.6) is 5.75 Å². The van der Waals surface area contributed by atoms with Gasteiger partial charge in [0.05, 0.1) is 5.25 Å². The fraction of sp³-hybridized carbons (Fsp3) is 0.286. The van der Waals surface area contributed by atoms with E-state index in [2.05, 4.69) is 10.2 Å². The maximum Gasteiger partial charge on any atom is 0.191 e. The van der Waals surface area contributed by atoms with Crippen LogP contribution in [0.2, 0.25) is 0 Å². The van der Waals surface area contributed by atoms with Gasteiger partial charge in [0.15, 0.2) is 16.8 Å². The van der Waals surface area contributed by atoms with E-state index in [1.165, 1.54) is 11.8 Å². The second-order valence-electron chi connectivity index (χ2n) is 6.68. The molecule has 1 heterocycles. The predicted octanol–water partition coefficient (Wildman–Crippen LogP) is 3.99. The van der Waals surface area contributed by atoms with E-state index in [0.29, 0.717) is 6.61 Å². The van der Waals surface area contributed by atoms with Crippen molar-refractivity contribution in [1.82, 2.24) is 14.8 Å². The van der Waals surface area contributed by atoms with Crippen LogP contribution >= 0.6 is 11.8 Å². The maximum atomic E-state index is 12.8. The quantitative estimate of drug-likeness (QED) is 0.671. The summed E-state index contributed by atoms with van der Waals surface area (Å²) in [6, 6.07) is 15.8. The van der Waals surface area contributed by atoms with Gasteiger partial charge in [-0.2, -0.15) is 0 Å². The molecule has 138 valence electrons. The highest BCUT2D eigenvalue weighted by Crippen LogP contribution is 2.32. The predicted molar refractivity (Wildman–Crippen MR) is 105 cm³/mol. The van der Waals surface area contributed by atoms with Crippen molar-refractivity contribution in [3.63, 3.8) is 0 Å². The summed E-state index contributed by atoms with van der Waals surface area (Å²) in [4.78, 5) is 12.8. The number of carbonyl (C=O) groups is 1. The molecule has 0 N–H and O–H groups in total. The zero-order valence-corrected chi connectivity index (χ0v) is 16.2. The summed E-state index contributed by atoms with van der Waals surface area (Å²) in [6.45, 7) is 2.36. The normalized spacial score (nSPS) is 16.2. The van der Waals surface area contributed by atoms with Gasteiger partial charge in [-0.1, -0.05) is 54.2 Å². The fourth-order valence-electron chi connectivity index (χ4n) is 3.24. The molecule has 0 fully saturated rings. The summed E-state index contributed by atoms with van der Waals surface area (Å²) < 4.78 is 7.79. The molecule has 27 heavy (non-hydrogen) atoms. The van der Waals surface area contributed by atoms with E-state index in [-0.39, 0.29) is 11.0 Å². The first-order valence-corrected chi connectivity index (χ1v) is 9.87. The van der Waals surface area contributed by atoms with Gasteiger partial charge in [0.1, 0.15) is 12.4 Å². The lowest BCUT2D eigenvalue weighted by molar-refractivity contribution is 0.0979. The SMILES string of the molecule is Cc1ccccc1OCc1nnc(SC2CCc3ccccc3C2=O)n1C. The van der Waals surface area contributed by atoms with Crippen LogP contribution in [-0.4, -0.2) is 25.8 Å². The Labute approximate surface area is 162 Å². The molecular formula is C21H21N3O2S. The minimum absolute atomic E-state index is 0.118. The zero-order chi connectivity index (χ0) is 18.8. The number of thioether (sulfide) groups is 1. The highest BCUT2D eigenvalue weighted by atomic mass is 32.2. The van der Waals surface area contributed by atoms with Gasteiger partial charge in [-0.25, -0.2) is 0 Å². The number of benzene rings is 2. The summed E-state index contributed by atoms with van der Waals surface area (Å²) in [6.07, 6.45) is 1.74. The molecule has 1 unspecified atom stereocenters. The summed E-state index contributed by atoms with van der Waals surface area (Å²) in [5, 5.41) is 9.16. The molecule has 0 saturated carbocycles. The van der Waals surface area contributed by atoms with Gasteiger partial charge < -0.3 is 9.30 Å². The Balaban J connectivity index is 1.45. The Morgan fingerprint density at radius 2 is 1.93 bits per heavy atom. The van der Waals surface area contributed by atoms with E-state index < -0.39 is 0 Å². The van der Waals surface area contributed by atoms with Gasteiger partial charge in [0.2, 0.25) is 0 Å². The average Bonchev–Trinajstić information content (AvgIpc) is 3.03. The van der Waals surface area contributed by atoms with Crippen LogP contribution in [0.4, 0.5) is 0 Å². The molecule has 5 nitrogen and oxygen atoms in total. The lowest BCUT2D eigenvalue weighted by Crippen LogP contribution is -2.25. The number of nitrogens with zero attached hydrogens (tertiary/aromatic N) is 3. The number of carbonyl (C=O) groups excluding carboxylic acids is 1. The van der Waals surface area contributed by atoms with Gasteiger partial charge in [-0.15, -0.1) is 10.2 Å². The van der Waals surface area contributed by atoms with Crippen LogP contribution in [0, 0.1) is 6.92 Å². The molecule has 0 amide bonds. The number of aromatic nitrogens is 3.